The Morgan fingerprint density at radius 1 is 1.24 bits per heavy atom. The van der Waals surface area contributed by atoms with Crippen LogP contribution in [0.4, 0.5) is 0 Å². The molecule has 0 amide bonds. The highest BCUT2D eigenvalue weighted by Crippen LogP contribution is 2.20. The number of thioether (sulfide) groups is 1. The Kier molecular flexibility index (Phi) is 4.24. The van der Waals surface area contributed by atoms with Gasteiger partial charge in [0.2, 0.25) is 4.96 Å². The third kappa shape index (κ3) is 3.28. The van der Waals surface area contributed by atoms with Crippen LogP contribution in [0.5, 0.6) is 0 Å². The zero-order valence-electron chi connectivity index (χ0n) is 13.5. The fourth-order valence-electron chi connectivity index (χ4n) is 2.57. The van der Waals surface area contributed by atoms with Gasteiger partial charge in [-0.1, -0.05) is 29.2 Å². The summed E-state index contributed by atoms with van der Waals surface area (Å²) in [5.74, 6) is 0. The maximum absolute atomic E-state index is 12.2. The predicted octanol–water partition coefficient (Wildman–Crippen LogP) is 2.04. The summed E-state index contributed by atoms with van der Waals surface area (Å²) in [5, 5.41) is 11.9. The second kappa shape index (κ2) is 6.54. The van der Waals surface area contributed by atoms with Crippen molar-refractivity contribution in [3.8, 4) is 0 Å². The normalized spacial score (nSPS) is 11.8. The lowest BCUT2D eigenvalue weighted by molar-refractivity contribution is 0.314. The van der Waals surface area contributed by atoms with Gasteiger partial charge in [0.1, 0.15) is 11.0 Å². The first-order valence-corrected chi connectivity index (χ1v) is 9.50. The molecular formula is C15H14N6O2S2. The van der Waals surface area contributed by atoms with Gasteiger partial charge in [-0.15, -0.1) is 5.10 Å². The number of aromatic nitrogens is 5. The van der Waals surface area contributed by atoms with Crippen LogP contribution in [0.3, 0.4) is 0 Å². The molecule has 10 heteroatoms. The second-order valence-corrected chi connectivity index (χ2v) is 7.62. The summed E-state index contributed by atoms with van der Waals surface area (Å²) < 4.78 is 6.90. The average molecular weight is 374 g/mol. The maximum Gasteiger partial charge on any atom is 0.275 e. The number of hydrogen-bond acceptors (Lipinski definition) is 9. The van der Waals surface area contributed by atoms with Crippen LogP contribution >= 0.6 is 23.1 Å². The van der Waals surface area contributed by atoms with Crippen LogP contribution in [0, 0.1) is 0 Å². The SMILES string of the molecule is CSc1nn2c(=O)cc(CN(C)Cc3ccc4nonc4c3)nc2s1. The fraction of sp³-hybridized carbons (Fsp3) is 0.267. The minimum Gasteiger partial charge on any atom is -0.296 e. The largest absolute Gasteiger partial charge is 0.296 e. The minimum absolute atomic E-state index is 0.153. The van der Waals surface area contributed by atoms with Crippen LogP contribution in [-0.2, 0) is 13.1 Å². The molecule has 3 heterocycles. The van der Waals surface area contributed by atoms with E-state index in [2.05, 4.69) is 25.3 Å². The lowest BCUT2D eigenvalue weighted by atomic mass is 10.2. The third-order valence-electron chi connectivity index (χ3n) is 3.66. The molecule has 4 aromatic rings. The Balaban J connectivity index is 1.54. The molecule has 0 N–H and O–H groups in total. The standard InChI is InChI=1S/C15H14N6O2S2/c1-20(7-9-3-4-11-12(5-9)19-23-18-11)8-10-6-13(22)21-14(16-10)25-15(17-21)24-2/h3-6H,7-8H2,1-2H3. The molecule has 0 bridgehead atoms. The molecule has 25 heavy (non-hydrogen) atoms. The van der Waals surface area contributed by atoms with E-state index < -0.39 is 0 Å². The van der Waals surface area contributed by atoms with Gasteiger partial charge in [-0.25, -0.2) is 9.61 Å². The summed E-state index contributed by atoms with van der Waals surface area (Å²) in [7, 11) is 1.98. The van der Waals surface area contributed by atoms with E-state index in [0.717, 1.165) is 26.6 Å². The van der Waals surface area contributed by atoms with Crippen LogP contribution < -0.4 is 5.56 Å². The molecule has 0 unspecified atom stereocenters. The fourth-order valence-corrected chi connectivity index (χ4v) is 3.95. The van der Waals surface area contributed by atoms with Crippen molar-refractivity contribution < 1.29 is 4.63 Å². The molecular weight excluding hydrogens is 360 g/mol. The first kappa shape index (κ1) is 16.2. The van der Waals surface area contributed by atoms with E-state index in [1.165, 1.54) is 33.7 Å². The van der Waals surface area contributed by atoms with E-state index >= 15 is 0 Å². The molecule has 128 valence electrons. The van der Waals surface area contributed by atoms with Crippen molar-refractivity contribution in [2.45, 2.75) is 17.4 Å². The molecule has 8 nitrogen and oxygen atoms in total. The van der Waals surface area contributed by atoms with Gasteiger partial charge in [0.05, 0.1) is 5.69 Å². The smallest absolute Gasteiger partial charge is 0.275 e. The predicted molar refractivity (Wildman–Crippen MR) is 95.9 cm³/mol. The van der Waals surface area contributed by atoms with Crippen LogP contribution in [-0.4, -0.2) is 43.1 Å². The molecule has 0 atom stereocenters. The van der Waals surface area contributed by atoms with Crippen LogP contribution in [0.1, 0.15) is 11.3 Å². The quantitative estimate of drug-likeness (QED) is 0.490. The molecule has 1 aromatic carbocycles. The molecule has 0 fully saturated rings. The van der Waals surface area contributed by atoms with Crippen molar-refractivity contribution in [1.29, 1.82) is 0 Å². The summed E-state index contributed by atoms with van der Waals surface area (Å²) in [4.78, 5) is 19.5. The van der Waals surface area contributed by atoms with Gasteiger partial charge in [0.15, 0.2) is 4.34 Å². The Labute approximate surface area is 150 Å². The zero-order valence-corrected chi connectivity index (χ0v) is 15.2. The van der Waals surface area contributed by atoms with Crippen molar-refractivity contribution >= 4 is 39.1 Å². The number of rotatable bonds is 5. The van der Waals surface area contributed by atoms with Gasteiger partial charge in [-0.2, -0.15) is 4.52 Å². The lowest BCUT2D eigenvalue weighted by Gasteiger charge is -2.15. The summed E-state index contributed by atoms with van der Waals surface area (Å²) >= 11 is 2.92. The Bertz CT molecular complexity index is 1100. The Hall–Kier alpha value is -2.30. The monoisotopic (exact) mass is 374 g/mol. The zero-order chi connectivity index (χ0) is 17.4. The van der Waals surface area contributed by atoms with E-state index in [4.69, 9.17) is 4.63 Å². The average Bonchev–Trinajstić information content (AvgIpc) is 3.20. The molecule has 0 aliphatic heterocycles. The van der Waals surface area contributed by atoms with E-state index in [1.807, 2.05) is 31.5 Å². The van der Waals surface area contributed by atoms with Crippen molar-refractivity contribution in [2.24, 2.45) is 0 Å². The first-order valence-electron chi connectivity index (χ1n) is 7.46. The maximum atomic E-state index is 12.2. The van der Waals surface area contributed by atoms with Crippen LogP contribution in [0.2, 0.25) is 0 Å². The molecule has 0 aliphatic carbocycles. The van der Waals surface area contributed by atoms with Gasteiger partial charge < -0.3 is 0 Å². The summed E-state index contributed by atoms with van der Waals surface area (Å²) in [6.45, 7) is 1.26. The highest BCUT2D eigenvalue weighted by Gasteiger charge is 2.11. The molecule has 0 radical (unpaired) electrons. The highest BCUT2D eigenvalue weighted by atomic mass is 32.2. The molecule has 0 aliphatic rings. The van der Waals surface area contributed by atoms with E-state index in [0.29, 0.717) is 18.1 Å². The van der Waals surface area contributed by atoms with Gasteiger partial charge in [0, 0.05) is 19.2 Å². The Morgan fingerprint density at radius 3 is 2.92 bits per heavy atom. The van der Waals surface area contributed by atoms with E-state index in [9.17, 15) is 4.79 Å². The van der Waals surface area contributed by atoms with Gasteiger partial charge in [0.25, 0.3) is 5.56 Å². The number of benzene rings is 1. The molecule has 0 spiro atoms. The van der Waals surface area contributed by atoms with E-state index in [-0.39, 0.29) is 5.56 Å². The Morgan fingerprint density at radius 2 is 2.08 bits per heavy atom. The van der Waals surface area contributed by atoms with Crippen molar-refractivity contribution in [2.75, 3.05) is 13.3 Å². The third-order valence-corrected chi connectivity index (χ3v) is 5.54. The molecule has 3 aromatic heterocycles. The van der Waals surface area contributed by atoms with Gasteiger partial charge in [-0.3, -0.25) is 9.69 Å². The molecule has 4 rings (SSSR count). The van der Waals surface area contributed by atoms with Crippen LogP contribution in [0.15, 0.2) is 38.0 Å². The van der Waals surface area contributed by atoms with Crippen molar-refractivity contribution in [3.63, 3.8) is 0 Å². The summed E-state index contributed by atoms with van der Waals surface area (Å²) in [6.07, 6.45) is 1.93. The van der Waals surface area contributed by atoms with Crippen molar-refractivity contribution in [1.82, 2.24) is 29.8 Å². The lowest BCUT2D eigenvalue weighted by Crippen LogP contribution is -2.21. The number of nitrogens with zero attached hydrogens (tertiary/aromatic N) is 6. The van der Waals surface area contributed by atoms with Crippen molar-refractivity contribution in [3.05, 3.63) is 45.9 Å². The van der Waals surface area contributed by atoms with Gasteiger partial charge >= 0.3 is 0 Å². The molecule has 0 saturated carbocycles. The van der Waals surface area contributed by atoms with Crippen LogP contribution in [0.25, 0.3) is 16.0 Å². The first-order chi connectivity index (χ1) is 12.1. The van der Waals surface area contributed by atoms with Gasteiger partial charge in [-0.05, 0) is 41.3 Å². The summed E-state index contributed by atoms with van der Waals surface area (Å²) in [5.41, 5.74) is 3.14. The highest BCUT2D eigenvalue weighted by molar-refractivity contribution is 8.00. The number of hydrogen-bond donors (Lipinski definition) is 0. The molecule has 0 saturated heterocycles. The van der Waals surface area contributed by atoms with E-state index in [1.54, 1.807) is 0 Å². The minimum atomic E-state index is -0.153. The summed E-state index contributed by atoms with van der Waals surface area (Å²) in [6, 6.07) is 7.36. The number of fused-ring (bicyclic) bond motifs is 2. The topological polar surface area (TPSA) is 89.4 Å². The second-order valence-electron chi connectivity index (χ2n) is 5.61.